The number of carbonyl (C=O) groups excluding carboxylic acids is 1. The first kappa shape index (κ1) is 18.4. The summed E-state index contributed by atoms with van der Waals surface area (Å²) in [6.45, 7) is 5.45. The van der Waals surface area contributed by atoms with Gasteiger partial charge in [0.2, 0.25) is 0 Å². The maximum atomic E-state index is 12.3. The molecule has 7 heteroatoms. The van der Waals surface area contributed by atoms with Crippen LogP contribution in [0.15, 0.2) is 48.7 Å². The quantitative estimate of drug-likeness (QED) is 0.563. The highest BCUT2D eigenvalue weighted by molar-refractivity contribution is 6.43. The van der Waals surface area contributed by atoms with Crippen LogP contribution < -0.4 is 0 Å². The van der Waals surface area contributed by atoms with Gasteiger partial charge in [0.1, 0.15) is 11.3 Å². The molecule has 0 bridgehead atoms. The van der Waals surface area contributed by atoms with Crippen LogP contribution in [0.2, 0.25) is 10.0 Å². The predicted octanol–water partition coefficient (Wildman–Crippen LogP) is 5.70. The van der Waals surface area contributed by atoms with Crippen molar-refractivity contribution in [2.45, 2.75) is 26.4 Å². The number of benzene rings is 1. The molecule has 0 aliphatic rings. The van der Waals surface area contributed by atoms with Crippen molar-refractivity contribution in [3.8, 4) is 22.6 Å². The molecule has 0 radical (unpaired) electrons. The van der Waals surface area contributed by atoms with Gasteiger partial charge in [-0.25, -0.2) is 4.79 Å². The molecule has 0 aliphatic carbocycles. The maximum absolute atomic E-state index is 12.3. The van der Waals surface area contributed by atoms with Gasteiger partial charge in [0, 0.05) is 11.8 Å². The molecule has 2 aromatic heterocycles. The number of ether oxygens (including phenoxy) is 1. The number of nitrogens with zero attached hydrogens (tertiary/aromatic N) is 3. The second-order valence-electron chi connectivity index (χ2n) is 6.65. The zero-order chi connectivity index (χ0) is 18.9. The monoisotopic (exact) mass is 389 g/mol. The van der Waals surface area contributed by atoms with Gasteiger partial charge < -0.3 is 4.74 Å². The highest BCUT2D eigenvalue weighted by atomic mass is 35.5. The summed E-state index contributed by atoms with van der Waals surface area (Å²) in [5.74, 6) is 0. The Kier molecular flexibility index (Phi) is 5.03. The molecule has 0 saturated carbocycles. The molecule has 0 unspecified atom stereocenters. The van der Waals surface area contributed by atoms with E-state index in [1.54, 1.807) is 42.6 Å². The molecule has 0 aliphatic heterocycles. The SMILES string of the molecule is CC(C)(C)OC(=O)n1cccc1-c1ccc(-c2cccc(Cl)c2Cl)nn1. The van der Waals surface area contributed by atoms with Crippen LogP contribution in [0.1, 0.15) is 20.8 Å². The van der Waals surface area contributed by atoms with Crippen LogP contribution in [0.25, 0.3) is 22.6 Å². The summed E-state index contributed by atoms with van der Waals surface area (Å²) in [5, 5.41) is 9.33. The zero-order valence-corrected chi connectivity index (χ0v) is 16.0. The van der Waals surface area contributed by atoms with Crippen LogP contribution in [0.4, 0.5) is 4.79 Å². The standard InChI is InChI=1S/C19H17Cl2N3O2/c1-19(2,3)26-18(25)24-11-5-8-16(24)15-10-9-14(22-23-15)12-6-4-7-13(20)17(12)21/h4-11H,1-3H3. The average molecular weight is 390 g/mol. The van der Waals surface area contributed by atoms with Crippen molar-refractivity contribution in [3.63, 3.8) is 0 Å². The molecule has 3 aromatic rings. The van der Waals surface area contributed by atoms with Gasteiger partial charge in [0.05, 0.1) is 21.4 Å². The van der Waals surface area contributed by atoms with Gasteiger partial charge in [0.25, 0.3) is 0 Å². The zero-order valence-electron chi connectivity index (χ0n) is 14.5. The van der Waals surface area contributed by atoms with E-state index in [-0.39, 0.29) is 0 Å². The first-order valence-electron chi connectivity index (χ1n) is 7.95. The predicted molar refractivity (Wildman–Crippen MR) is 103 cm³/mol. The van der Waals surface area contributed by atoms with E-state index in [1.165, 1.54) is 4.57 Å². The lowest BCUT2D eigenvalue weighted by atomic mass is 10.1. The summed E-state index contributed by atoms with van der Waals surface area (Å²) in [6, 6.07) is 12.4. The molecule has 0 spiro atoms. The molecule has 1 aromatic carbocycles. The average Bonchev–Trinajstić information content (AvgIpc) is 3.06. The molecule has 2 heterocycles. The van der Waals surface area contributed by atoms with Crippen LogP contribution >= 0.6 is 23.2 Å². The molecule has 3 rings (SSSR count). The molecule has 0 N–H and O–H groups in total. The second kappa shape index (κ2) is 7.09. The molecule has 5 nitrogen and oxygen atoms in total. The number of carbonyl (C=O) groups is 1. The Morgan fingerprint density at radius 3 is 2.35 bits per heavy atom. The normalized spacial score (nSPS) is 11.4. The van der Waals surface area contributed by atoms with Crippen LogP contribution in [0.3, 0.4) is 0 Å². The van der Waals surface area contributed by atoms with E-state index >= 15 is 0 Å². The maximum Gasteiger partial charge on any atom is 0.419 e. The minimum absolute atomic E-state index is 0.424. The van der Waals surface area contributed by atoms with Gasteiger partial charge in [0.15, 0.2) is 0 Å². The molecule has 26 heavy (non-hydrogen) atoms. The van der Waals surface area contributed by atoms with Crippen molar-refractivity contribution >= 4 is 29.3 Å². The van der Waals surface area contributed by atoms with Crippen molar-refractivity contribution in [1.29, 1.82) is 0 Å². The van der Waals surface area contributed by atoms with Crippen LogP contribution in [0.5, 0.6) is 0 Å². The van der Waals surface area contributed by atoms with Gasteiger partial charge in [-0.15, -0.1) is 10.2 Å². The van der Waals surface area contributed by atoms with E-state index in [1.807, 2.05) is 26.8 Å². The highest BCUT2D eigenvalue weighted by Gasteiger charge is 2.20. The van der Waals surface area contributed by atoms with Crippen molar-refractivity contribution in [1.82, 2.24) is 14.8 Å². The van der Waals surface area contributed by atoms with Gasteiger partial charge in [-0.05, 0) is 51.1 Å². The van der Waals surface area contributed by atoms with Crippen molar-refractivity contribution in [3.05, 3.63) is 58.7 Å². The third-order valence-electron chi connectivity index (χ3n) is 3.49. The number of rotatable bonds is 2. The van der Waals surface area contributed by atoms with Crippen molar-refractivity contribution < 1.29 is 9.53 Å². The second-order valence-corrected chi connectivity index (χ2v) is 7.43. The number of hydrogen-bond acceptors (Lipinski definition) is 4. The summed E-state index contributed by atoms with van der Waals surface area (Å²) in [7, 11) is 0. The van der Waals surface area contributed by atoms with Crippen LogP contribution in [-0.4, -0.2) is 26.5 Å². The van der Waals surface area contributed by atoms with Gasteiger partial charge in [-0.2, -0.15) is 0 Å². The van der Waals surface area contributed by atoms with E-state index in [0.717, 1.165) is 0 Å². The summed E-state index contributed by atoms with van der Waals surface area (Å²) < 4.78 is 6.81. The third kappa shape index (κ3) is 3.89. The summed E-state index contributed by atoms with van der Waals surface area (Å²) >= 11 is 12.3. The van der Waals surface area contributed by atoms with E-state index in [0.29, 0.717) is 32.7 Å². The van der Waals surface area contributed by atoms with Crippen LogP contribution in [-0.2, 0) is 4.74 Å². The third-order valence-corrected chi connectivity index (χ3v) is 4.31. The Labute approximate surface area is 161 Å². The molecule has 0 atom stereocenters. The Morgan fingerprint density at radius 1 is 1.00 bits per heavy atom. The Hall–Kier alpha value is -2.37. The lowest BCUT2D eigenvalue weighted by Crippen LogP contribution is -2.27. The Balaban J connectivity index is 1.92. The largest absolute Gasteiger partial charge is 0.443 e. The van der Waals surface area contributed by atoms with Crippen LogP contribution in [0, 0.1) is 0 Å². The number of halogens is 2. The molecule has 134 valence electrons. The summed E-state index contributed by atoms with van der Waals surface area (Å²) in [4.78, 5) is 12.3. The highest BCUT2D eigenvalue weighted by Crippen LogP contribution is 2.32. The smallest absolute Gasteiger partial charge is 0.419 e. The minimum Gasteiger partial charge on any atom is -0.443 e. The molecule has 0 amide bonds. The minimum atomic E-state index is -0.586. The first-order chi connectivity index (χ1) is 12.3. The number of hydrogen-bond donors (Lipinski definition) is 0. The number of aromatic nitrogens is 3. The first-order valence-corrected chi connectivity index (χ1v) is 8.71. The van der Waals surface area contributed by atoms with Gasteiger partial charge in [-0.1, -0.05) is 35.3 Å². The molecule has 0 fully saturated rings. The molecular formula is C19H17Cl2N3O2. The molecule has 0 saturated heterocycles. The Bertz CT molecular complexity index is 944. The van der Waals surface area contributed by atoms with E-state index in [2.05, 4.69) is 10.2 Å². The fourth-order valence-electron chi connectivity index (χ4n) is 2.37. The summed E-state index contributed by atoms with van der Waals surface area (Å²) in [5.41, 5.74) is 1.84. The van der Waals surface area contributed by atoms with Crippen molar-refractivity contribution in [2.75, 3.05) is 0 Å². The topological polar surface area (TPSA) is 57.0 Å². The fraction of sp³-hybridized carbons (Fsp3) is 0.211. The lowest BCUT2D eigenvalue weighted by molar-refractivity contribution is 0.0540. The van der Waals surface area contributed by atoms with Gasteiger partial charge in [-0.3, -0.25) is 4.57 Å². The van der Waals surface area contributed by atoms with E-state index < -0.39 is 11.7 Å². The fourth-order valence-corrected chi connectivity index (χ4v) is 2.77. The summed E-state index contributed by atoms with van der Waals surface area (Å²) in [6.07, 6.45) is 1.16. The van der Waals surface area contributed by atoms with Gasteiger partial charge >= 0.3 is 6.09 Å². The van der Waals surface area contributed by atoms with E-state index in [4.69, 9.17) is 27.9 Å². The lowest BCUT2D eigenvalue weighted by Gasteiger charge is -2.20. The Morgan fingerprint density at radius 2 is 1.69 bits per heavy atom. The van der Waals surface area contributed by atoms with E-state index in [9.17, 15) is 4.79 Å². The van der Waals surface area contributed by atoms with Crippen molar-refractivity contribution in [2.24, 2.45) is 0 Å². The molecular weight excluding hydrogens is 373 g/mol.